The van der Waals surface area contributed by atoms with Crippen LogP contribution in [0.15, 0.2) is 30.5 Å². The van der Waals surface area contributed by atoms with Crippen LogP contribution in [-0.2, 0) is 20.1 Å². The van der Waals surface area contributed by atoms with Crippen molar-refractivity contribution in [1.29, 1.82) is 0 Å². The summed E-state index contributed by atoms with van der Waals surface area (Å²) >= 11 is 11.5. The lowest BCUT2D eigenvalue weighted by Crippen LogP contribution is -2.29. The summed E-state index contributed by atoms with van der Waals surface area (Å²) in [6.07, 6.45) is 1.60. The molecule has 0 saturated carbocycles. The van der Waals surface area contributed by atoms with Gasteiger partial charge in [0.25, 0.3) is 0 Å². The van der Waals surface area contributed by atoms with Crippen molar-refractivity contribution in [3.63, 3.8) is 0 Å². The molecule has 6 nitrogen and oxygen atoms in total. The van der Waals surface area contributed by atoms with Crippen molar-refractivity contribution in [3.8, 4) is 0 Å². The van der Waals surface area contributed by atoms with Crippen LogP contribution in [0.5, 0.6) is 0 Å². The maximum absolute atomic E-state index is 13.1. The summed E-state index contributed by atoms with van der Waals surface area (Å²) in [5.74, 6) is -0.251. The van der Waals surface area contributed by atoms with E-state index >= 15 is 0 Å². The number of halogens is 2. The van der Waals surface area contributed by atoms with E-state index in [0.29, 0.717) is 23.2 Å². The van der Waals surface area contributed by atoms with E-state index in [0.717, 1.165) is 28.3 Å². The molecule has 2 heterocycles. The van der Waals surface area contributed by atoms with E-state index in [-0.39, 0.29) is 5.82 Å². The van der Waals surface area contributed by atoms with Crippen molar-refractivity contribution < 1.29 is 4.39 Å². The smallest absolute Gasteiger partial charge is 0.171 e. The van der Waals surface area contributed by atoms with E-state index in [1.165, 1.54) is 12.1 Å². The van der Waals surface area contributed by atoms with Gasteiger partial charge in [0.1, 0.15) is 5.82 Å². The molecule has 0 unspecified atom stereocenters. The number of aromatic nitrogens is 4. The monoisotopic (exact) mass is 406 g/mol. The highest BCUT2D eigenvalue weighted by Crippen LogP contribution is 2.21. The van der Waals surface area contributed by atoms with Gasteiger partial charge in [0.2, 0.25) is 0 Å². The van der Waals surface area contributed by atoms with Crippen LogP contribution in [0, 0.1) is 19.7 Å². The highest BCUT2D eigenvalue weighted by atomic mass is 35.5. The fraction of sp³-hybridized carbons (Fsp3) is 0.278. The molecule has 0 aliphatic carbocycles. The van der Waals surface area contributed by atoms with Crippen molar-refractivity contribution in [2.75, 3.05) is 5.32 Å². The van der Waals surface area contributed by atoms with Crippen molar-refractivity contribution in [1.82, 2.24) is 24.9 Å². The Morgan fingerprint density at radius 2 is 1.96 bits per heavy atom. The topological polar surface area (TPSA) is 59.7 Å². The average Bonchev–Trinajstić information content (AvgIpc) is 3.08. The minimum absolute atomic E-state index is 0.251. The minimum atomic E-state index is -0.251. The lowest BCUT2D eigenvalue weighted by molar-refractivity contribution is 0.622. The standard InChI is InChI=1S/C18H20ClFN6S/c1-11-17(23-18(27)21-9-16-15(19)8-22-25(16)3)12(2)26(24-11)10-13-4-6-14(20)7-5-13/h4-8H,9-10H2,1-3H3,(H2,21,23,27). The molecule has 0 atom stereocenters. The zero-order chi connectivity index (χ0) is 19.6. The second kappa shape index (κ2) is 8.06. The molecule has 0 fully saturated rings. The first kappa shape index (κ1) is 19.3. The molecule has 142 valence electrons. The van der Waals surface area contributed by atoms with Gasteiger partial charge in [-0.1, -0.05) is 23.7 Å². The number of anilines is 1. The molecule has 27 heavy (non-hydrogen) atoms. The lowest BCUT2D eigenvalue weighted by Gasteiger charge is -2.12. The molecule has 9 heteroatoms. The van der Waals surface area contributed by atoms with Crippen LogP contribution in [0.3, 0.4) is 0 Å². The third-order valence-corrected chi connectivity index (χ3v) is 4.85. The first-order valence-electron chi connectivity index (χ1n) is 8.35. The molecule has 1 aromatic carbocycles. The quantitative estimate of drug-likeness (QED) is 0.634. The summed E-state index contributed by atoms with van der Waals surface area (Å²) in [4.78, 5) is 0. The third-order valence-electron chi connectivity index (χ3n) is 4.29. The molecule has 0 bridgehead atoms. The molecule has 0 saturated heterocycles. The van der Waals surface area contributed by atoms with Crippen LogP contribution in [0.1, 0.15) is 22.6 Å². The second-order valence-corrected chi connectivity index (χ2v) is 7.02. The van der Waals surface area contributed by atoms with Crippen molar-refractivity contribution in [2.45, 2.75) is 26.9 Å². The molecule has 2 aromatic heterocycles. The Balaban J connectivity index is 1.67. The van der Waals surface area contributed by atoms with Gasteiger partial charge in [0.15, 0.2) is 5.11 Å². The zero-order valence-electron chi connectivity index (χ0n) is 15.3. The first-order valence-corrected chi connectivity index (χ1v) is 9.13. The van der Waals surface area contributed by atoms with Crippen LogP contribution >= 0.6 is 23.8 Å². The van der Waals surface area contributed by atoms with E-state index < -0.39 is 0 Å². The maximum Gasteiger partial charge on any atom is 0.171 e. The minimum Gasteiger partial charge on any atom is -0.357 e. The molecule has 0 spiro atoms. The van der Waals surface area contributed by atoms with Crippen molar-refractivity contribution in [3.05, 3.63) is 63.9 Å². The van der Waals surface area contributed by atoms with Gasteiger partial charge in [-0.2, -0.15) is 10.2 Å². The van der Waals surface area contributed by atoms with E-state index in [4.69, 9.17) is 23.8 Å². The van der Waals surface area contributed by atoms with Crippen LogP contribution < -0.4 is 10.6 Å². The Hall–Kier alpha value is -2.45. The summed E-state index contributed by atoms with van der Waals surface area (Å²) in [6, 6.07) is 6.40. The molecule has 2 N–H and O–H groups in total. The summed E-state index contributed by atoms with van der Waals surface area (Å²) < 4.78 is 16.6. The van der Waals surface area contributed by atoms with Gasteiger partial charge >= 0.3 is 0 Å². The van der Waals surface area contributed by atoms with Gasteiger partial charge in [-0.25, -0.2) is 4.39 Å². The molecular weight excluding hydrogens is 387 g/mol. The van der Waals surface area contributed by atoms with Crippen LogP contribution in [-0.4, -0.2) is 24.7 Å². The predicted octanol–water partition coefficient (Wildman–Crippen LogP) is 3.56. The van der Waals surface area contributed by atoms with E-state index in [1.807, 2.05) is 25.6 Å². The highest BCUT2D eigenvalue weighted by Gasteiger charge is 2.14. The van der Waals surface area contributed by atoms with Crippen molar-refractivity contribution in [2.24, 2.45) is 7.05 Å². The fourth-order valence-electron chi connectivity index (χ4n) is 2.75. The van der Waals surface area contributed by atoms with Gasteiger partial charge in [-0.05, 0) is 43.8 Å². The maximum atomic E-state index is 13.1. The number of thiocarbonyl (C=S) groups is 1. The number of nitrogens with zero attached hydrogens (tertiary/aromatic N) is 4. The number of hydrogen-bond donors (Lipinski definition) is 2. The van der Waals surface area contributed by atoms with Gasteiger partial charge in [0.05, 0.1) is 47.1 Å². The highest BCUT2D eigenvalue weighted by molar-refractivity contribution is 7.80. The van der Waals surface area contributed by atoms with E-state index in [2.05, 4.69) is 20.8 Å². The number of aryl methyl sites for hydroxylation is 2. The number of rotatable bonds is 5. The molecule has 3 rings (SSSR count). The fourth-order valence-corrected chi connectivity index (χ4v) is 3.16. The van der Waals surface area contributed by atoms with E-state index in [9.17, 15) is 4.39 Å². The van der Waals surface area contributed by atoms with Crippen LogP contribution in [0.25, 0.3) is 0 Å². The number of nitrogens with one attached hydrogen (secondary N) is 2. The largest absolute Gasteiger partial charge is 0.357 e. The SMILES string of the molecule is Cc1nn(Cc2ccc(F)cc2)c(C)c1NC(=S)NCc1c(Cl)cnn1C. The Morgan fingerprint density at radius 1 is 1.26 bits per heavy atom. The third kappa shape index (κ3) is 4.45. The van der Waals surface area contributed by atoms with Gasteiger partial charge < -0.3 is 10.6 Å². The summed E-state index contributed by atoms with van der Waals surface area (Å²) in [7, 11) is 1.83. The number of benzene rings is 1. The molecule has 0 amide bonds. The molecule has 0 radical (unpaired) electrons. The van der Waals surface area contributed by atoms with Crippen molar-refractivity contribution >= 4 is 34.6 Å². The number of hydrogen-bond acceptors (Lipinski definition) is 3. The Bertz CT molecular complexity index is 944. The summed E-state index contributed by atoms with van der Waals surface area (Å²) in [5, 5.41) is 16.0. The normalized spacial score (nSPS) is 10.9. The molecular formula is C18H20ClFN6S. The first-order chi connectivity index (χ1) is 12.8. The Labute approximate surface area is 167 Å². The van der Waals surface area contributed by atoms with Crippen LogP contribution in [0.4, 0.5) is 10.1 Å². The summed E-state index contributed by atoms with van der Waals surface area (Å²) in [6.45, 7) is 4.89. The summed E-state index contributed by atoms with van der Waals surface area (Å²) in [5.41, 5.74) is 4.45. The van der Waals surface area contributed by atoms with E-state index in [1.54, 1.807) is 23.0 Å². The Kier molecular flexibility index (Phi) is 5.76. The second-order valence-electron chi connectivity index (χ2n) is 6.20. The zero-order valence-corrected chi connectivity index (χ0v) is 16.8. The Morgan fingerprint density at radius 3 is 2.59 bits per heavy atom. The van der Waals surface area contributed by atoms with Gasteiger partial charge in [-0.15, -0.1) is 0 Å². The molecule has 0 aliphatic heterocycles. The van der Waals surface area contributed by atoms with Gasteiger partial charge in [0, 0.05) is 7.05 Å². The predicted molar refractivity (Wildman–Crippen MR) is 108 cm³/mol. The van der Waals surface area contributed by atoms with Gasteiger partial charge in [-0.3, -0.25) is 9.36 Å². The molecule has 0 aliphatic rings. The van der Waals surface area contributed by atoms with Crippen LogP contribution in [0.2, 0.25) is 5.02 Å². The molecule has 3 aromatic rings. The average molecular weight is 407 g/mol. The lowest BCUT2D eigenvalue weighted by atomic mass is 10.2.